The molecule has 14 heteroatoms. The number of nitrogen functional groups attached to an aromatic ring is 1. The molecule has 3 heterocycles. The van der Waals surface area contributed by atoms with Crippen LogP contribution in [0, 0.1) is 0 Å². The monoisotopic (exact) mass is 563 g/mol. The third-order valence-electron chi connectivity index (χ3n) is 5.63. The number of halogens is 2. The van der Waals surface area contributed by atoms with E-state index in [0.717, 1.165) is 24.3 Å². The van der Waals surface area contributed by atoms with Gasteiger partial charge in [0.15, 0.2) is 11.5 Å². The molecule has 208 valence electrons. The lowest BCUT2D eigenvalue weighted by Crippen LogP contribution is -2.17. The fourth-order valence-electron chi connectivity index (χ4n) is 3.76. The summed E-state index contributed by atoms with van der Waals surface area (Å²) in [5.41, 5.74) is 7.11. The number of hydrogen-bond acceptors (Lipinski definition) is 10. The molecule has 11 nitrogen and oxygen atoms in total. The fourth-order valence-corrected chi connectivity index (χ4v) is 4.77. The van der Waals surface area contributed by atoms with Crippen LogP contribution in [0.25, 0.3) is 11.2 Å². The summed E-state index contributed by atoms with van der Waals surface area (Å²) in [5, 5.41) is 0. The van der Waals surface area contributed by atoms with Crippen LogP contribution in [-0.2, 0) is 9.26 Å². The van der Waals surface area contributed by atoms with Crippen molar-refractivity contribution >= 4 is 25.6 Å². The number of ether oxygens (including phenoxy) is 3. The molecule has 2 aromatic heterocycles. The quantitative estimate of drug-likeness (QED) is 0.251. The van der Waals surface area contributed by atoms with Crippen molar-refractivity contribution in [1.82, 2.24) is 19.5 Å². The molecule has 0 bridgehead atoms. The highest BCUT2D eigenvalue weighted by atomic mass is 31.2. The summed E-state index contributed by atoms with van der Waals surface area (Å²) in [6, 6.07) is 14.4. The van der Waals surface area contributed by atoms with Gasteiger partial charge in [0.05, 0.1) is 33.3 Å². The van der Waals surface area contributed by atoms with Gasteiger partial charge >= 0.3 is 8.60 Å². The third kappa shape index (κ3) is 7.41. The molecule has 1 aliphatic heterocycles. The molecule has 1 aliphatic rings. The number of imidazole rings is 1. The van der Waals surface area contributed by atoms with E-state index in [0.29, 0.717) is 28.5 Å². The first-order chi connectivity index (χ1) is 19.0. The van der Waals surface area contributed by atoms with Gasteiger partial charge < -0.3 is 29.0 Å². The van der Waals surface area contributed by atoms with Crippen LogP contribution in [-0.4, -0.2) is 53.4 Å². The largest absolute Gasteiger partial charge is 0.497 e. The zero-order valence-electron chi connectivity index (χ0n) is 21.3. The first-order valence-electron chi connectivity index (χ1n) is 11.8. The minimum absolute atomic E-state index is 0.157. The zero-order valence-corrected chi connectivity index (χ0v) is 22.2. The number of fused-ring (bicyclic) bond motifs is 1. The van der Waals surface area contributed by atoms with E-state index < -0.39 is 15.5 Å². The Kier molecular flexibility index (Phi) is 10.0. The Morgan fingerprint density at radius 2 is 1.46 bits per heavy atom. The van der Waals surface area contributed by atoms with E-state index in [1.165, 1.54) is 6.33 Å². The van der Waals surface area contributed by atoms with Crippen LogP contribution in [0.5, 0.6) is 23.0 Å². The predicted octanol–water partition coefficient (Wildman–Crippen LogP) is 5.39. The number of benzene rings is 2. The molecular formula is C25H28F2N5O6P. The van der Waals surface area contributed by atoms with Crippen molar-refractivity contribution in [3.8, 4) is 23.0 Å². The van der Waals surface area contributed by atoms with Gasteiger partial charge in [0.1, 0.15) is 41.1 Å². The number of rotatable bonds is 10. The van der Waals surface area contributed by atoms with Crippen LogP contribution in [0.3, 0.4) is 0 Å². The molecule has 0 saturated carbocycles. The first-order valence-corrected chi connectivity index (χ1v) is 12.9. The molecule has 2 N–H and O–H groups in total. The summed E-state index contributed by atoms with van der Waals surface area (Å²) >= 11 is 0. The Bertz CT molecular complexity index is 1270. The normalized spacial score (nSPS) is 16.5. The van der Waals surface area contributed by atoms with Gasteiger partial charge in [-0.25, -0.2) is 23.7 Å². The molecule has 2 aromatic carbocycles. The molecule has 0 spiro atoms. The van der Waals surface area contributed by atoms with Gasteiger partial charge in [0, 0.05) is 0 Å². The second-order valence-electron chi connectivity index (χ2n) is 8.03. The second-order valence-corrected chi connectivity index (χ2v) is 9.10. The average molecular weight is 563 g/mol. The molecule has 0 aliphatic carbocycles. The van der Waals surface area contributed by atoms with E-state index in [4.69, 9.17) is 33.5 Å². The Morgan fingerprint density at radius 1 is 0.897 bits per heavy atom. The van der Waals surface area contributed by atoms with Crippen molar-refractivity contribution in [1.29, 1.82) is 0 Å². The molecule has 1 fully saturated rings. The van der Waals surface area contributed by atoms with E-state index in [1.807, 2.05) is 28.8 Å². The predicted molar refractivity (Wildman–Crippen MR) is 140 cm³/mol. The Balaban J connectivity index is 0.00000112. The van der Waals surface area contributed by atoms with Gasteiger partial charge in [0.2, 0.25) is 6.93 Å². The maximum atomic E-state index is 9.62. The van der Waals surface area contributed by atoms with Crippen molar-refractivity contribution in [3.05, 3.63) is 61.2 Å². The van der Waals surface area contributed by atoms with Crippen molar-refractivity contribution in [3.63, 3.8) is 0 Å². The van der Waals surface area contributed by atoms with Gasteiger partial charge in [-0.05, 0) is 61.4 Å². The smallest absolute Gasteiger partial charge is 0.463 e. The minimum atomic E-state index is -1.77. The van der Waals surface area contributed by atoms with Crippen LogP contribution >= 0.6 is 8.60 Å². The third-order valence-corrected chi connectivity index (χ3v) is 6.71. The van der Waals surface area contributed by atoms with E-state index >= 15 is 0 Å². The molecule has 1 saturated heterocycles. The number of methoxy groups -OCH3 is 2. The van der Waals surface area contributed by atoms with Crippen LogP contribution in [0.4, 0.5) is 14.6 Å². The van der Waals surface area contributed by atoms with Crippen molar-refractivity contribution in [2.24, 2.45) is 0 Å². The maximum absolute atomic E-state index is 9.62. The Labute approximate surface area is 224 Å². The van der Waals surface area contributed by atoms with Gasteiger partial charge in [-0.1, -0.05) is 0 Å². The average Bonchev–Trinajstić information content (AvgIpc) is 3.61. The van der Waals surface area contributed by atoms with Crippen LogP contribution in [0.1, 0.15) is 19.1 Å². The van der Waals surface area contributed by atoms with Gasteiger partial charge in [0.25, 0.3) is 0 Å². The minimum Gasteiger partial charge on any atom is -0.497 e. The van der Waals surface area contributed by atoms with Gasteiger partial charge in [-0.15, -0.1) is 0 Å². The molecule has 0 amide bonds. The zero-order chi connectivity index (χ0) is 27.6. The molecule has 2 unspecified atom stereocenters. The highest BCUT2D eigenvalue weighted by Crippen LogP contribution is 2.43. The lowest BCUT2D eigenvalue weighted by Gasteiger charge is -2.20. The highest BCUT2D eigenvalue weighted by molar-refractivity contribution is 7.42. The Morgan fingerprint density at radius 3 is 2.03 bits per heavy atom. The lowest BCUT2D eigenvalue weighted by molar-refractivity contribution is -0.0170. The number of hydrogen-bond donors (Lipinski definition) is 1. The second kappa shape index (κ2) is 13.8. The topological polar surface area (TPSA) is 125 Å². The van der Waals surface area contributed by atoms with Crippen molar-refractivity contribution < 1.29 is 36.6 Å². The van der Waals surface area contributed by atoms with E-state index in [2.05, 4.69) is 15.0 Å². The Hall–Kier alpha value is -3.80. The van der Waals surface area contributed by atoms with Gasteiger partial charge in [-0.2, -0.15) is 0 Å². The summed E-state index contributed by atoms with van der Waals surface area (Å²) < 4.78 is 55.9. The molecular weight excluding hydrogens is 535 g/mol. The molecule has 2 atom stereocenters. The lowest BCUT2D eigenvalue weighted by atomic mass is 10.2. The van der Waals surface area contributed by atoms with Gasteiger partial charge in [-0.3, -0.25) is 9.09 Å². The molecule has 4 aromatic rings. The number of anilines is 1. The van der Waals surface area contributed by atoms with Crippen molar-refractivity contribution in [2.45, 2.75) is 25.2 Å². The van der Waals surface area contributed by atoms with Crippen LogP contribution in [0.15, 0.2) is 61.2 Å². The first kappa shape index (κ1) is 28.2. The summed E-state index contributed by atoms with van der Waals surface area (Å²) in [7, 11) is 1.46. The summed E-state index contributed by atoms with van der Waals surface area (Å²) in [4.78, 5) is 12.6. The van der Waals surface area contributed by atoms with Crippen LogP contribution < -0.4 is 24.3 Å². The SMILES string of the molecule is COc1ccc(OP(OCC2CCC(n3cnc4c(N)ncnc43)O2)Oc2ccc(OC)cc2)cc1.FCF. The maximum Gasteiger partial charge on any atom is 0.463 e. The van der Waals surface area contributed by atoms with Crippen molar-refractivity contribution in [2.75, 3.05) is 33.5 Å². The van der Waals surface area contributed by atoms with Crippen LogP contribution in [0.2, 0.25) is 0 Å². The van der Waals surface area contributed by atoms with E-state index in [9.17, 15) is 8.78 Å². The highest BCUT2D eigenvalue weighted by Gasteiger charge is 2.30. The van der Waals surface area contributed by atoms with E-state index in [1.54, 1.807) is 44.8 Å². The summed E-state index contributed by atoms with van der Waals surface area (Å²) in [6.07, 6.45) is 4.28. The molecule has 0 radical (unpaired) electrons. The molecule has 39 heavy (non-hydrogen) atoms. The van der Waals surface area contributed by atoms with E-state index in [-0.39, 0.29) is 18.9 Å². The summed E-state index contributed by atoms with van der Waals surface area (Å²) in [6.45, 7) is -1.46. The standard InChI is InChI=1S/C24H26N5O6P.CH2F2/c1-30-16-3-7-18(8-4-16)34-36(35-19-9-5-17(31-2)6-10-19)32-13-20-11-12-21(33-20)29-15-28-22-23(25)26-14-27-24(22)29;2-1-3/h3-10,14-15,20-21H,11-13H2,1-2H3,(H2,25,26,27);1H2. The number of alkyl halides is 2. The number of nitrogens with two attached hydrogens (primary N) is 1. The summed E-state index contributed by atoms with van der Waals surface area (Å²) in [5.74, 6) is 3.00. The number of aromatic nitrogens is 4. The molecule has 5 rings (SSSR count). The number of nitrogens with zero attached hydrogens (tertiary/aromatic N) is 4. The fraction of sp³-hybridized carbons (Fsp3) is 0.320.